The van der Waals surface area contributed by atoms with E-state index in [1.807, 2.05) is 6.26 Å². The van der Waals surface area contributed by atoms with E-state index in [1.165, 1.54) is 0 Å². The van der Waals surface area contributed by atoms with Crippen molar-refractivity contribution in [1.29, 1.82) is 0 Å². The molecule has 1 aromatic rings. The molecule has 1 atom stereocenters. The Morgan fingerprint density at radius 2 is 2.29 bits per heavy atom. The third-order valence-corrected chi connectivity index (χ3v) is 4.45. The molecule has 3 rings (SSSR count). The summed E-state index contributed by atoms with van der Waals surface area (Å²) in [5, 5.41) is 3.96. The minimum absolute atomic E-state index is 0.225. The molecule has 7 nitrogen and oxygen atoms in total. The molecule has 3 heterocycles. The molecule has 0 unspecified atom stereocenters. The first-order valence-electron chi connectivity index (χ1n) is 7.07. The molecule has 0 saturated carbocycles. The first kappa shape index (κ1) is 14.6. The van der Waals surface area contributed by atoms with Crippen molar-refractivity contribution in [3.05, 3.63) is 11.7 Å². The molecule has 8 heteroatoms. The van der Waals surface area contributed by atoms with Gasteiger partial charge < -0.3 is 14.2 Å². The van der Waals surface area contributed by atoms with Crippen LogP contribution in [0.25, 0.3) is 0 Å². The Morgan fingerprint density at radius 3 is 3.00 bits per heavy atom. The highest BCUT2D eigenvalue weighted by molar-refractivity contribution is 7.97. The van der Waals surface area contributed by atoms with Crippen molar-refractivity contribution in [1.82, 2.24) is 19.9 Å². The second-order valence-electron chi connectivity index (χ2n) is 5.76. The maximum Gasteiger partial charge on any atom is 0.410 e. The molecule has 0 aromatic carbocycles. The molecule has 0 bridgehead atoms. The number of carbonyl (C=O) groups excluding carboxylic acids is 1. The van der Waals surface area contributed by atoms with E-state index in [4.69, 9.17) is 9.26 Å². The van der Waals surface area contributed by atoms with Crippen LogP contribution in [0.15, 0.2) is 4.52 Å². The van der Waals surface area contributed by atoms with Crippen LogP contribution in [0.5, 0.6) is 0 Å². The molecule has 2 aliphatic heterocycles. The van der Waals surface area contributed by atoms with Crippen molar-refractivity contribution < 1.29 is 14.1 Å². The molecule has 0 N–H and O–H groups in total. The Hall–Kier alpha value is -1.28. The summed E-state index contributed by atoms with van der Waals surface area (Å²) in [6.07, 6.45) is 3.71. The van der Waals surface area contributed by atoms with Crippen LogP contribution in [0.2, 0.25) is 0 Å². The van der Waals surface area contributed by atoms with Crippen LogP contribution < -0.4 is 0 Å². The smallest absolute Gasteiger partial charge is 0.410 e. The summed E-state index contributed by atoms with van der Waals surface area (Å²) in [6.45, 7) is 2.96. The molecular formula is C13H20N4O3S. The van der Waals surface area contributed by atoms with Gasteiger partial charge in [0.05, 0.1) is 18.8 Å². The lowest BCUT2D eigenvalue weighted by Crippen LogP contribution is -2.50. The lowest BCUT2D eigenvalue weighted by molar-refractivity contribution is -0.0139. The van der Waals surface area contributed by atoms with Gasteiger partial charge in [0, 0.05) is 13.6 Å². The maximum atomic E-state index is 11.6. The van der Waals surface area contributed by atoms with Crippen molar-refractivity contribution in [3.63, 3.8) is 0 Å². The minimum Gasteiger partial charge on any atom is -0.440 e. The first-order chi connectivity index (χ1) is 10.1. The van der Waals surface area contributed by atoms with Gasteiger partial charge in [-0.1, -0.05) is 5.16 Å². The van der Waals surface area contributed by atoms with Crippen molar-refractivity contribution in [2.24, 2.45) is 0 Å². The van der Waals surface area contributed by atoms with Gasteiger partial charge in [0.1, 0.15) is 5.60 Å². The van der Waals surface area contributed by atoms with Crippen molar-refractivity contribution in [3.8, 4) is 0 Å². The van der Waals surface area contributed by atoms with Crippen molar-refractivity contribution >= 4 is 17.9 Å². The first-order valence-corrected chi connectivity index (χ1v) is 8.46. The highest BCUT2D eigenvalue weighted by Gasteiger charge is 2.46. The fourth-order valence-corrected chi connectivity index (χ4v) is 3.44. The van der Waals surface area contributed by atoms with Crippen LogP contribution in [0.1, 0.15) is 24.6 Å². The fraction of sp³-hybridized carbons (Fsp3) is 0.769. The largest absolute Gasteiger partial charge is 0.440 e. The fourth-order valence-electron chi connectivity index (χ4n) is 3.06. The number of rotatable bonds is 4. The average Bonchev–Trinajstić information content (AvgIpc) is 2.96. The van der Waals surface area contributed by atoms with Gasteiger partial charge in [0.25, 0.3) is 0 Å². The Kier molecular flexibility index (Phi) is 4.08. The van der Waals surface area contributed by atoms with E-state index >= 15 is 0 Å². The van der Waals surface area contributed by atoms with Gasteiger partial charge >= 0.3 is 6.09 Å². The van der Waals surface area contributed by atoms with Gasteiger partial charge in [0.2, 0.25) is 5.89 Å². The molecule has 21 heavy (non-hydrogen) atoms. The Labute approximate surface area is 128 Å². The van der Waals surface area contributed by atoms with E-state index in [0.717, 1.165) is 37.5 Å². The maximum absolute atomic E-state index is 11.6. The van der Waals surface area contributed by atoms with E-state index in [0.29, 0.717) is 19.0 Å². The second-order valence-corrected chi connectivity index (χ2v) is 6.62. The SMILES string of the molecule is CSCc1noc(CN2CCC[C@]3(C2)CN(C)C(=O)O3)n1. The van der Waals surface area contributed by atoms with Crippen LogP contribution in [0, 0.1) is 0 Å². The highest BCUT2D eigenvalue weighted by Crippen LogP contribution is 2.31. The summed E-state index contributed by atoms with van der Waals surface area (Å²) in [5.41, 5.74) is -0.369. The predicted molar refractivity (Wildman–Crippen MR) is 77.9 cm³/mol. The number of likely N-dealkylation sites (tertiary alicyclic amines) is 1. The number of aromatic nitrogens is 2. The van der Waals surface area contributed by atoms with Crippen molar-refractivity contribution in [2.75, 3.05) is 32.9 Å². The van der Waals surface area contributed by atoms with Gasteiger partial charge in [-0.3, -0.25) is 4.90 Å². The van der Waals surface area contributed by atoms with E-state index in [9.17, 15) is 4.79 Å². The number of hydrogen-bond donors (Lipinski definition) is 0. The summed E-state index contributed by atoms with van der Waals surface area (Å²) < 4.78 is 10.9. The lowest BCUT2D eigenvalue weighted by Gasteiger charge is -2.37. The normalized spacial score (nSPS) is 26.6. The zero-order valence-corrected chi connectivity index (χ0v) is 13.2. The highest BCUT2D eigenvalue weighted by atomic mass is 32.2. The van der Waals surface area contributed by atoms with Crippen molar-refractivity contribution in [2.45, 2.75) is 30.7 Å². The topological polar surface area (TPSA) is 71.7 Å². The lowest BCUT2D eigenvalue weighted by atomic mass is 9.93. The molecule has 2 aliphatic rings. The molecule has 1 spiro atoms. The summed E-state index contributed by atoms with van der Waals surface area (Å²) in [7, 11) is 1.78. The Morgan fingerprint density at radius 1 is 1.43 bits per heavy atom. The number of carbonyl (C=O) groups is 1. The van der Waals surface area contributed by atoms with Gasteiger partial charge in [-0.05, 0) is 25.6 Å². The molecule has 116 valence electrons. The van der Waals surface area contributed by atoms with Gasteiger partial charge in [-0.15, -0.1) is 0 Å². The molecular weight excluding hydrogens is 292 g/mol. The molecule has 1 amide bonds. The zero-order chi connectivity index (χ0) is 14.9. The van der Waals surface area contributed by atoms with E-state index in [2.05, 4.69) is 15.0 Å². The number of piperidine rings is 1. The third kappa shape index (κ3) is 3.16. The zero-order valence-electron chi connectivity index (χ0n) is 12.4. The van der Waals surface area contributed by atoms with E-state index in [-0.39, 0.29) is 11.7 Å². The van der Waals surface area contributed by atoms with E-state index in [1.54, 1.807) is 23.7 Å². The van der Waals surface area contributed by atoms with Crippen LogP contribution >= 0.6 is 11.8 Å². The molecule has 0 radical (unpaired) electrons. The number of likely N-dealkylation sites (N-methyl/N-ethyl adjacent to an activating group) is 1. The van der Waals surface area contributed by atoms with Crippen LogP contribution in [0.4, 0.5) is 4.79 Å². The third-order valence-electron chi connectivity index (χ3n) is 3.90. The summed E-state index contributed by atoms with van der Waals surface area (Å²) >= 11 is 1.67. The number of thioether (sulfide) groups is 1. The summed E-state index contributed by atoms with van der Waals surface area (Å²) in [4.78, 5) is 19.9. The molecule has 1 aromatic heterocycles. The quantitative estimate of drug-likeness (QED) is 0.831. The van der Waals surface area contributed by atoms with E-state index < -0.39 is 0 Å². The van der Waals surface area contributed by atoms with Gasteiger partial charge in [-0.2, -0.15) is 16.7 Å². The Bertz CT molecular complexity index is 523. The molecule has 2 fully saturated rings. The Balaban J connectivity index is 1.62. The van der Waals surface area contributed by atoms with Crippen LogP contribution in [-0.2, 0) is 17.0 Å². The number of nitrogens with zero attached hydrogens (tertiary/aromatic N) is 4. The number of ether oxygens (including phenoxy) is 1. The molecule has 0 aliphatic carbocycles. The predicted octanol–water partition coefficient (Wildman–Crippen LogP) is 1.35. The summed E-state index contributed by atoms with van der Waals surface area (Å²) in [5.74, 6) is 2.13. The average molecular weight is 312 g/mol. The van der Waals surface area contributed by atoms with Crippen LogP contribution in [-0.4, -0.2) is 64.6 Å². The number of amides is 1. The monoisotopic (exact) mass is 312 g/mol. The second kappa shape index (κ2) is 5.84. The number of hydrogen-bond acceptors (Lipinski definition) is 7. The van der Waals surface area contributed by atoms with Gasteiger partial charge in [-0.25, -0.2) is 4.79 Å². The minimum atomic E-state index is -0.369. The standard InChI is InChI=1S/C13H20N4O3S/c1-16-8-13(19-12(16)18)4-3-5-17(9-13)6-11-14-10(7-21-2)15-20-11/h3-9H2,1-2H3/t13-/m1/s1. The molecule has 2 saturated heterocycles. The van der Waals surface area contributed by atoms with Crippen LogP contribution in [0.3, 0.4) is 0 Å². The summed E-state index contributed by atoms with van der Waals surface area (Å²) in [6, 6.07) is 0. The van der Waals surface area contributed by atoms with Gasteiger partial charge in [0.15, 0.2) is 5.82 Å².